The number of rotatable bonds is 1. The fourth-order valence-corrected chi connectivity index (χ4v) is 2.13. The number of alkyl halides is 3. The third kappa shape index (κ3) is 2.41. The van der Waals surface area contributed by atoms with Crippen molar-refractivity contribution in [1.82, 2.24) is 4.98 Å². The smallest absolute Gasteiger partial charge is 0.443 e. The van der Waals surface area contributed by atoms with Gasteiger partial charge in [-0.05, 0) is 36.2 Å². The number of aromatic hydroxyl groups is 1. The summed E-state index contributed by atoms with van der Waals surface area (Å²) >= 11 is 0.590. The molecule has 0 aliphatic carbocycles. The standard InChI is InChI=1S/C11H8F3NOS/c1-6-4-7(2-3-8(6)16)9-5-15-10(17-9)11(12,13)14/h2-5,16H,1H3. The number of aromatic nitrogens is 1. The van der Waals surface area contributed by atoms with Crippen molar-refractivity contribution in [1.29, 1.82) is 0 Å². The zero-order chi connectivity index (χ0) is 12.6. The summed E-state index contributed by atoms with van der Waals surface area (Å²) in [5.41, 5.74) is 1.23. The molecule has 0 bridgehead atoms. The average molecular weight is 259 g/mol. The van der Waals surface area contributed by atoms with Crippen LogP contribution in [-0.4, -0.2) is 10.1 Å². The van der Waals surface area contributed by atoms with E-state index in [1.807, 2.05) is 0 Å². The van der Waals surface area contributed by atoms with Crippen molar-refractivity contribution in [2.24, 2.45) is 0 Å². The van der Waals surface area contributed by atoms with Crippen LogP contribution in [0.15, 0.2) is 24.4 Å². The van der Waals surface area contributed by atoms with E-state index < -0.39 is 11.2 Å². The van der Waals surface area contributed by atoms with Crippen LogP contribution in [0.4, 0.5) is 13.2 Å². The van der Waals surface area contributed by atoms with Gasteiger partial charge in [0.1, 0.15) is 5.75 Å². The molecule has 0 atom stereocenters. The molecule has 0 saturated carbocycles. The number of nitrogens with zero attached hydrogens (tertiary/aromatic N) is 1. The van der Waals surface area contributed by atoms with E-state index in [2.05, 4.69) is 4.98 Å². The quantitative estimate of drug-likeness (QED) is 0.844. The van der Waals surface area contributed by atoms with Gasteiger partial charge >= 0.3 is 6.18 Å². The van der Waals surface area contributed by atoms with Gasteiger partial charge in [-0.3, -0.25) is 0 Å². The van der Waals surface area contributed by atoms with Crippen LogP contribution in [0.1, 0.15) is 10.6 Å². The maximum absolute atomic E-state index is 12.4. The van der Waals surface area contributed by atoms with Crippen molar-refractivity contribution in [3.05, 3.63) is 35.0 Å². The van der Waals surface area contributed by atoms with Gasteiger partial charge in [-0.1, -0.05) is 0 Å². The molecule has 0 radical (unpaired) electrons. The van der Waals surface area contributed by atoms with E-state index in [0.717, 1.165) is 0 Å². The highest BCUT2D eigenvalue weighted by atomic mass is 32.1. The van der Waals surface area contributed by atoms with Gasteiger partial charge in [0.2, 0.25) is 0 Å². The van der Waals surface area contributed by atoms with Gasteiger partial charge < -0.3 is 5.11 Å². The molecule has 0 fully saturated rings. The molecule has 17 heavy (non-hydrogen) atoms. The average Bonchev–Trinajstić information content (AvgIpc) is 2.70. The lowest BCUT2D eigenvalue weighted by Crippen LogP contribution is -2.02. The molecule has 90 valence electrons. The fourth-order valence-electron chi connectivity index (χ4n) is 1.35. The number of aryl methyl sites for hydroxylation is 1. The van der Waals surface area contributed by atoms with E-state index in [1.54, 1.807) is 19.1 Å². The van der Waals surface area contributed by atoms with Crippen molar-refractivity contribution >= 4 is 11.3 Å². The molecular formula is C11H8F3NOS. The highest BCUT2D eigenvalue weighted by molar-refractivity contribution is 7.15. The van der Waals surface area contributed by atoms with Crippen molar-refractivity contribution < 1.29 is 18.3 Å². The molecule has 0 unspecified atom stereocenters. The molecule has 2 aromatic rings. The van der Waals surface area contributed by atoms with E-state index in [-0.39, 0.29) is 5.75 Å². The molecule has 1 aromatic carbocycles. The van der Waals surface area contributed by atoms with E-state index in [0.29, 0.717) is 27.3 Å². The van der Waals surface area contributed by atoms with Gasteiger partial charge in [-0.15, -0.1) is 11.3 Å². The summed E-state index contributed by atoms with van der Waals surface area (Å²) in [6.07, 6.45) is -3.21. The summed E-state index contributed by atoms with van der Waals surface area (Å²) in [5, 5.41) is 8.47. The summed E-state index contributed by atoms with van der Waals surface area (Å²) < 4.78 is 37.1. The summed E-state index contributed by atoms with van der Waals surface area (Å²) in [6, 6.07) is 4.65. The first-order valence-corrected chi connectivity index (χ1v) is 5.52. The third-order valence-electron chi connectivity index (χ3n) is 2.23. The number of thiazole rings is 1. The third-order valence-corrected chi connectivity index (χ3v) is 3.32. The Bertz CT molecular complexity index is 548. The Hall–Kier alpha value is -1.56. The van der Waals surface area contributed by atoms with Crippen LogP contribution >= 0.6 is 11.3 Å². The minimum atomic E-state index is -4.41. The van der Waals surface area contributed by atoms with E-state index in [1.165, 1.54) is 12.3 Å². The molecule has 6 heteroatoms. The van der Waals surface area contributed by atoms with Crippen LogP contribution in [0.3, 0.4) is 0 Å². The largest absolute Gasteiger partial charge is 0.508 e. The van der Waals surface area contributed by atoms with Crippen LogP contribution < -0.4 is 0 Å². The lowest BCUT2D eigenvalue weighted by molar-refractivity contribution is -0.137. The number of phenolic OH excluding ortho intramolecular Hbond substituents is 1. The molecule has 0 aliphatic heterocycles. The normalized spacial score (nSPS) is 11.8. The Morgan fingerprint density at radius 2 is 2.00 bits per heavy atom. The highest BCUT2D eigenvalue weighted by Crippen LogP contribution is 2.37. The van der Waals surface area contributed by atoms with E-state index >= 15 is 0 Å². The second kappa shape index (κ2) is 4.03. The second-order valence-electron chi connectivity index (χ2n) is 3.53. The fraction of sp³-hybridized carbons (Fsp3) is 0.182. The summed E-state index contributed by atoms with van der Waals surface area (Å²) in [7, 11) is 0. The van der Waals surface area contributed by atoms with Crippen LogP contribution in [0.25, 0.3) is 10.4 Å². The Labute approximate surface area is 99.4 Å². The summed E-state index contributed by atoms with van der Waals surface area (Å²) in [5.74, 6) is 0.120. The maximum atomic E-state index is 12.4. The topological polar surface area (TPSA) is 33.1 Å². The van der Waals surface area contributed by atoms with Gasteiger partial charge in [-0.2, -0.15) is 13.2 Å². The van der Waals surface area contributed by atoms with Crippen molar-refractivity contribution in [3.63, 3.8) is 0 Å². The molecule has 2 nitrogen and oxygen atoms in total. The monoisotopic (exact) mass is 259 g/mol. The Morgan fingerprint density at radius 3 is 2.53 bits per heavy atom. The maximum Gasteiger partial charge on any atom is 0.443 e. The molecule has 0 aliphatic rings. The van der Waals surface area contributed by atoms with E-state index in [4.69, 9.17) is 0 Å². The van der Waals surface area contributed by atoms with Crippen LogP contribution in [-0.2, 0) is 6.18 Å². The molecule has 1 heterocycles. The van der Waals surface area contributed by atoms with Gasteiger partial charge in [-0.25, -0.2) is 4.98 Å². The summed E-state index contributed by atoms with van der Waals surface area (Å²) in [6.45, 7) is 1.69. The number of hydrogen-bond acceptors (Lipinski definition) is 3. The van der Waals surface area contributed by atoms with Crippen molar-refractivity contribution in [2.45, 2.75) is 13.1 Å². The predicted octanol–water partition coefficient (Wildman–Crippen LogP) is 3.84. The molecule has 0 saturated heterocycles. The van der Waals surface area contributed by atoms with Gasteiger partial charge in [0, 0.05) is 6.20 Å². The number of benzene rings is 1. The first-order chi connectivity index (χ1) is 7.88. The van der Waals surface area contributed by atoms with Crippen LogP contribution in [0, 0.1) is 6.92 Å². The molecule has 2 rings (SSSR count). The second-order valence-corrected chi connectivity index (χ2v) is 4.56. The number of hydrogen-bond donors (Lipinski definition) is 1. The van der Waals surface area contributed by atoms with Crippen LogP contribution in [0.5, 0.6) is 5.75 Å². The summed E-state index contributed by atoms with van der Waals surface area (Å²) in [4.78, 5) is 3.78. The Kier molecular flexibility index (Phi) is 2.82. The van der Waals surface area contributed by atoms with Crippen molar-refractivity contribution in [2.75, 3.05) is 0 Å². The molecule has 1 aromatic heterocycles. The number of halogens is 3. The lowest BCUT2D eigenvalue weighted by atomic mass is 10.1. The Balaban J connectivity index is 2.40. The zero-order valence-electron chi connectivity index (χ0n) is 8.75. The predicted molar refractivity (Wildman–Crippen MR) is 59.0 cm³/mol. The van der Waals surface area contributed by atoms with Crippen molar-refractivity contribution in [3.8, 4) is 16.2 Å². The van der Waals surface area contributed by atoms with Gasteiger partial charge in [0.15, 0.2) is 5.01 Å². The van der Waals surface area contributed by atoms with Gasteiger partial charge in [0.05, 0.1) is 4.88 Å². The molecule has 1 N–H and O–H groups in total. The first-order valence-electron chi connectivity index (χ1n) is 4.71. The number of phenols is 1. The molecular weight excluding hydrogens is 251 g/mol. The van der Waals surface area contributed by atoms with E-state index in [9.17, 15) is 18.3 Å². The SMILES string of the molecule is Cc1cc(-c2cnc(C(F)(F)F)s2)ccc1O. The highest BCUT2D eigenvalue weighted by Gasteiger charge is 2.34. The van der Waals surface area contributed by atoms with Crippen LogP contribution in [0.2, 0.25) is 0 Å². The molecule has 0 spiro atoms. The first kappa shape index (κ1) is 11.9. The Morgan fingerprint density at radius 1 is 1.29 bits per heavy atom. The lowest BCUT2D eigenvalue weighted by Gasteiger charge is -2.02. The van der Waals surface area contributed by atoms with Gasteiger partial charge in [0.25, 0.3) is 0 Å². The minimum absolute atomic E-state index is 0.120. The zero-order valence-corrected chi connectivity index (χ0v) is 9.56. The molecule has 0 amide bonds. The minimum Gasteiger partial charge on any atom is -0.508 e.